The summed E-state index contributed by atoms with van der Waals surface area (Å²) in [6.45, 7) is 2.26. The predicted molar refractivity (Wildman–Crippen MR) is 70.4 cm³/mol. The third-order valence-corrected chi connectivity index (χ3v) is 5.30. The topological polar surface area (TPSA) is 40.5 Å². The van der Waals surface area contributed by atoms with E-state index in [0.29, 0.717) is 18.0 Å². The quantitative estimate of drug-likeness (QED) is 0.835. The van der Waals surface area contributed by atoms with Gasteiger partial charge in [-0.05, 0) is 44.4 Å². The molecule has 0 spiro atoms. The smallest absolute Gasteiger partial charge is 0.320 e. The van der Waals surface area contributed by atoms with Crippen molar-refractivity contribution in [3.8, 4) is 0 Å². The maximum atomic E-state index is 11.5. The van der Waals surface area contributed by atoms with Crippen molar-refractivity contribution in [3.63, 3.8) is 0 Å². The van der Waals surface area contributed by atoms with E-state index in [1.54, 1.807) is 0 Å². The van der Waals surface area contributed by atoms with E-state index < -0.39 is 5.97 Å². The molecule has 102 valence electrons. The van der Waals surface area contributed by atoms with Crippen molar-refractivity contribution < 1.29 is 9.90 Å². The molecule has 3 heteroatoms. The van der Waals surface area contributed by atoms with Crippen molar-refractivity contribution in [2.75, 3.05) is 0 Å². The average molecular weight is 251 g/mol. The van der Waals surface area contributed by atoms with Gasteiger partial charge in [0, 0.05) is 12.1 Å². The minimum Gasteiger partial charge on any atom is -0.480 e. The molecule has 0 amide bonds. The SMILES string of the molecule is CC(CC1CC1)N1C(C(=O)O)CC2CCCCC21. The van der Waals surface area contributed by atoms with Gasteiger partial charge in [-0.1, -0.05) is 25.7 Å². The van der Waals surface area contributed by atoms with Gasteiger partial charge in [0.1, 0.15) is 6.04 Å². The molecule has 1 heterocycles. The molecule has 18 heavy (non-hydrogen) atoms. The van der Waals surface area contributed by atoms with Crippen molar-refractivity contribution >= 4 is 5.97 Å². The van der Waals surface area contributed by atoms with Crippen LogP contribution >= 0.6 is 0 Å². The first-order chi connectivity index (χ1) is 8.66. The van der Waals surface area contributed by atoms with E-state index in [4.69, 9.17) is 0 Å². The van der Waals surface area contributed by atoms with Crippen molar-refractivity contribution in [1.29, 1.82) is 0 Å². The number of carboxylic acid groups (broad SMARTS) is 1. The van der Waals surface area contributed by atoms with Gasteiger partial charge in [0.15, 0.2) is 0 Å². The number of hydrogen-bond donors (Lipinski definition) is 1. The summed E-state index contributed by atoms with van der Waals surface area (Å²) in [6.07, 6.45) is 9.92. The Kier molecular flexibility index (Phi) is 3.35. The van der Waals surface area contributed by atoms with Gasteiger partial charge in [-0.2, -0.15) is 0 Å². The molecular weight excluding hydrogens is 226 g/mol. The Morgan fingerprint density at radius 1 is 1.28 bits per heavy atom. The van der Waals surface area contributed by atoms with Gasteiger partial charge in [0.25, 0.3) is 0 Å². The van der Waals surface area contributed by atoms with Crippen LogP contribution in [0.2, 0.25) is 0 Å². The summed E-state index contributed by atoms with van der Waals surface area (Å²) in [6, 6.07) is 0.826. The van der Waals surface area contributed by atoms with Gasteiger partial charge in [-0.3, -0.25) is 9.69 Å². The lowest BCUT2D eigenvalue weighted by Crippen LogP contribution is -2.47. The normalized spacial score (nSPS) is 38.4. The maximum absolute atomic E-state index is 11.5. The van der Waals surface area contributed by atoms with Crippen molar-refractivity contribution in [3.05, 3.63) is 0 Å². The number of likely N-dealkylation sites (tertiary alicyclic amines) is 1. The first-order valence-corrected chi connectivity index (χ1v) is 7.67. The highest BCUT2D eigenvalue weighted by molar-refractivity contribution is 5.74. The van der Waals surface area contributed by atoms with Crippen LogP contribution in [0.15, 0.2) is 0 Å². The molecule has 0 aromatic heterocycles. The van der Waals surface area contributed by atoms with Gasteiger partial charge < -0.3 is 5.11 Å². The van der Waals surface area contributed by atoms with E-state index in [-0.39, 0.29) is 6.04 Å². The van der Waals surface area contributed by atoms with E-state index in [2.05, 4.69) is 11.8 Å². The molecule has 2 saturated carbocycles. The number of nitrogens with zero attached hydrogens (tertiary/aromatic N) is 1. The zero-order valence-electron chi connectivity index (χ0n) is 11.3. The van der Waals surface area contributed by atoms with Crippen LogP contribution in [0, 0.1) is 11.8 Å². The van der Waals surface area contributed by atoms with Gasteiger partial charge in [0.2, 0.25) is 0 Å². The van der Waals surface area contributed by atoms with Crippen LogP contribution in [-0.2, 0) is 4.79 Å². The Morgan fingerprint density at radius 3 is 2.67 bits per heavy atom. The molecule has 0 aromatic carbocycles. The van der Waals surface area contributed by atoms with Gasteiger partial charge in [-0.25, -0.2) is 0 Å². The number of fused-ring (bicyclic) bond motifs is 1. The highest BCUT2D eigenvalue weighted by atomic mass is 16.4. The third-order valence-electron chi connectivity index (χ3n) is 5.30. The third kappa shape index (κ3) is 2.29. The summed E-state index contributed by atoms with van der Waals surface area (Å²) in [7, 11) is 0. The zero-order valence-corrected chi connectivity index (χ0v) is 11.3. The molecule has 1 saturated heterocycles. The summed E-state index contributed by atoms with van der Waals surface area (Å²) < 4.78 is 0. The molecule has 3 rings (SSSR count). The lowest BCUT2D eigenvalue weighted by Gasteiger charge is -2.37. The Bertz CT molecular complexity index is 326. The molecule has 1 aliphatic heterocycles. The number of carboxylic acids is 1. The lowest BCUT2D eigenvalue weighted by molar-refractivity contribution is -0.143. The molecule has 3 aliphatic rings. The molecule has 0 aromatic rings. The number of aliphatic carboxylic acids is 1. The fourth-order valence-electron chi connectivity index (χ4n) is 4.32. The molecule has 4 atom stereocenters. The summed E-state index contributed by atoms with van der Waals surface area (Å²) in [5.74, 6) is 0.950. The Labute approximate surface area is 110 Å². The monoisotopic (exact) mass is 251 g/mol. The van der Waals surface area contributed by atoms with Crippen molar-refractivity contribution in [1.82, 2.24) is 4.90 Å². The van der Waals surface area contributed by atoms with Crippen LogP contribution in [0.4, 0.5) is 0 Å². The van der Waals surface area contributed by atoms with Crippen LogP contribution in [0.1, 0.15) is 58.3 Å². The van der Waals surface area contributed by atoms with Crippen LogP contribution < -0.4 is 0 Å². The fourth-order valence-corrected chi connectivity index (χ4v) is 4.32. The summed E-state index contributed by atoms with van der Waals surface area (Å²) in [4.78, 5) is 13.9. The number of carbonyl (C=O) groups is 1. The fraction of sp³-hybridized carbons (Fsp3) is 0.933. The minimum absolute atomic E-state index is 0.202. The van der Waals surface area contributed by atoms with E-state index in [9.17, 15) is 9.90 Å². The van der Waals surface area contributed by atoms with Gasteiger partial charge in [-0.15, -0.1) is 0 Å². The van der Waals surface area contributed by atoms with Gasteiger partial charge >= 0.3 is 5.97 Å². The molecule has 3 nitrogen and oxygen atoms in total. The molecule has 3 fully saturated rings. The Balaban J connectivity index is 1.74. The zero-order chi connectivity index (χ0) is 12.7. The van der Waals surface area contributed by atoms with Crippen molar-refractivity contribution in [2.24, 2.45) is 11.8 Å². The Morgan fingerprint density at radius 2 is 2.00 bits per heavy atom. The standard InChI is InChI=1S/C15H25NO2/c1-10(8-11-6-7-11)16-13-5-3-2-4-12(13)9-14(16)15(17)18/h10-14H,2-9H2,1H3,(H,17,18). The van der Waals surface area contributed by atoms with Crippen LogP contribution in [0.3, 0.4) is 0 Å². The van der Waals surface area contributed by atoms with E-state index in [0.717, 1.165) is 12.3 Å². The number of rotatable bonds is 4. The van der Waals surface area contributed by atoms with E-state index in [1.165, 1.54) is 44.9 Å². The van der Waals surface area contributed by atoms with Crippen LogP contribution in [0.5, 0.6) is 0 Å². The van der Waals surface area contributed by atoms with Crippen LogP contribution in [-0.4, -0.2) is 34.1 Å². The van der Waals surface area contributed by atoms with Crippen LogP contribution in [0.25, 0.3) is 0 Å². The van der Waals surface area contributed by atoms with E-state index >= 15 is 0 Å². The average Bonchev–Trinajstić information content (AvgIpc) is 3.06. The molecule has 0 radical (unpaired) electrons. The second-order valence-electron chi connectivity index (χ2n) is 6.68. The van der Waals surface area contributed by atoms with E-state index in [1.807, 2.05) is 0 Å². The molecule has 1 N–H and O–H groups in total. The molecule has 4 unspecified atom stereocenters. The number of hydrogen-bond acceptors (Lipinski definition) is 2. The summed E-state index contributed by atoms with van der Waals surface area (Å²) >= 11 is 0. The molecule has 0 bridgehead atoms. The highest BCUT2D eigenvalue weighted by Crippen LogP contribution is 2.43. The predicted octanol–water partition coefficient (Wildman–Crippen LogP) is 2.89. The first-order valence-electron chi connectivity index (χ1n) is 7.67. The second-order valence-corrected chi connectivity index (χ2v) is 6.68. The minimum atomic E-state index is -0.591. The highest BCUT2D eigenvalue weighted by Gasteiger charge is 2.47. The summed E-state index contributed by atoms with van der Waals surface area (Å²) in [5, 5.41) is 9.49. The largest absolute Gasteiger partial charge is 0.480 e. The molecular formula is C15H25NO2. The Hall–Kier alpha value is -0.570. The summed E-state index contributed by atoms with van der Waals surface area (Å²) in [5.41, 5.74) is 0. The lowest BCUT2D eigenvalue weighted by atomic mass is 9.84. The van der Waals surface area contributed by atoms with Crippen molar-refractivity contribution in [2.45, 2.75) is 76.4 Å². The van der Waals surface area contributed by atoms with Gasteiger partial charge in [0.05, 0.1) is 0 Å². The second kappa shape index (κ2) is 4.84. The first kappa shape index (κ1) is 12.5. The molecule has 2 aliphatic carbocycles. The maximum Gasteiger partial charge on any atom is 0.320 e.